The van der Waals surface area contributed by atoms with Crippen LogP contribution < -0.4 is 5.73 Å². The number of sulfone groups is 1. The molecule has 145 valence electrons. The largest absolute Gasteiger partial charge is 0.368 e. The molecule has 2 fully saturated rings. The number of ether oxygens (including phenoxy) is 1. The number of carbonyl (C=O) groups excluding carboxylic acids is 3. The molecule has 2 heterocycles. The molecular formula is C18H21N2O6S. The maximum absolute atomic E-state index is 12.5. The summed E-state index contributed by atoms with van der Waals surface area (Å²) in [5.74, 6) is -2.23. The Balaban J connectivity index is 1.64. The normalized spacial score (nSPS) is 22.5. The number of nitrogens with two attached hydrogens (primary N) is 1. The number of rotatable bonds is 6. The number of nitrogens with zero attached hydrogens (tertiary/aromatic N) is 1. The van der Waals surface area contributed by atoms with Crippen molar-refractivity contribution in [1.82, 2.24) is 4.90 Å². The summed E-state index contributed by atoms with van der Waals surface area (Å²) in [5, 5.41) is 0. The molecule has 0 spiro atoms. The van der Waals surface area contributed by atoms with E-state index in [0.717, 1.165) is 6.42 Å². The lowest BCUT2D eigenvalue weighted by Crippen LogP contribution is -2.52. The van der Waals surface area contributed by atoms with E-state index in [2.05, 4.69) is 0 Å². The zero-order valence-electron chi connectivity index (χ0n) is 14.7. The minimum absolute atomic E-state index is 0.0126. The Morgan fingerprint density at radius 3 is 2.78 bits per heavy atom. The van der Waals surface area contributed by atoms with Crippen molar-refractivity contribution in [2.24, 2.45) is 5.73 Å². The van der Waals surface area contributed by atoms with Crippen LogP contribution in [-0.4, -0.2) is 62.0 Å². The van der Waals surface area contributed by atoms with Crippen LogP contribution in [0.2, 0.25) is 0 Å². The van der Waals surface area contributed by atoms with Crippen LogP contribution in [0.1, 0.15) is 28.8 Å². The topological polar surface area (TPSA) is 124 Å². The average Bonchev–Trinajstić information content (AvgIpc) is 3.01. The molecular weight excluding hydrogens is 372 g/mol. The van der Waals surface area contributed by atoms with Crippen molar-refractivity contribution in [2.45, 2.75) is 30.7 Å². The predicted octanol–water partition coefficient (Wildman–Crippen LogP) is -0.137. The highest BCUT2D eigenvalue weighted by atomic mass is 32.2. The molecule has 2 aliphatic rings. The fourth-order valence-corrected chi connectivity index (χ4v) is 4.78. The molecule has 2 amide bonds. The first-order valence-corrected chi connectivity index (χ1v) is 10.5. The average molecular weight is 393 g/mol. The highest BCUT2D eigenvalue weighted by Crippen LogP contribution is 2.26. The molecule has 2 N–H and O–H groups in total. The summed E-state index contributed by atoms with van der Waals surface area (Å²) in [7, 11) is -3.69. The number of ketones is 1. The van der Waals surface area contributed by atoms with Crippen molar-refractivity contribution in [2.75, 3.05) is 18.9 Å². The number of Topliss-reactive ketones (excluding diaryl/α,β-unsaturated/α-hetero) is 1. The highest BCUT2D eigenvalue weighted by Gasteiger charge is 2.44. The fourth-order valence-electron chi connectivity index (χ4n) is 3.54. The maximum Gasteiger partial charge on any atom is 0.249 e. The Labute approximate surface area is 157 Å². The summed E-state index contributed by atoms with van der Waals surface area (Å²) in [5.41, 5.74) is 5.70. The van der Waals surface area contributed by atoms with Gasteiger partial charge in [0.05, 0.1) is 24.0 Å². The van der Waals surface area contributed by atoms with Crippen LogP contribution in [0.15, 0.2) is 24.3 Å². The van der Waals surface area contributed by atoms with Crippen LogP contribution in [0, 0.1) is 6.42 Å². The molecule has 8 nitrogen and oxygen atoms in total. The van der Waals surface area contributed by atoms with E-state index in [1.807, 2.05) is 0 Å². The Bertz CT molecular complexity index is 866. The molecule has 1 radical (unpaired) electrons. The molecule has 0 bridgehead atoms. The molecule has 2 atom stereocenters. The van der Waals surface area contributed by atoms with E-state index in [1.54, 1.807) is 12.1 Å². The minimum Gasteiger partial charge on any atom is -0.368 e. The Morgan fingerprint density at radius 2 is 2.04 bits per heavy atom. The van der Waals surface area contributed by atoms with Gasteiger partial charge in [0.25, 0.3) is 0 Å². The van der Waals surface area contributed by atoms with Gasteiger partial charge in [-0.2, -0.15) is 0 Å². The van der Waals surface area contributed by atoms with Gasteiger partial charge in [0.1, 0.15) is 12.6 Å². The van der Waals surface area contributed by atoms with E-state index in [1.165, 1.54) is 17.0 Å². The van der Waals surface area contributed by atoms with Gasteiger partial charge in [-0.25, -0.2) is 8.42 Å². The summed E-state index contributed by atoms with van der Waals surface area (Å²) >= 11 is 0. The van der Waals surface area contributed by atoms with E-state index in [9.17, 15) is 22.8 Å². The summed E-state index contributed by atoms with van der Waals surface area (Å²) in [6, 6.07) is 5.57. The smallest absolute Gasteiger partial charge is 0.249 e. The Hall–Kier alpha value is -2.26. The lowest BCUT2D eigenvalue weighted by Gasteiger charge is -2.35. The van der Waals surface area contributed by atoms with E-state index < -0.39 is 39.2 Å². The number of hydrogen-bond acceptors (Lipinski definition) is 6. The second-order valence-corrected chi connectivity index (χ2v) is 8.82. The van der Waals surface area contributed by atoms with Crippen molar-refractivity contribution in [3.05, 3.63) is 41.8 Å². The third-order valence-electron chi connectivity index (χ3n) is 4.80. The molecule has 9 heteroatoms. The van der Waals surface area contributed by atoms with E-state index in [0.29, 0.717) is 24.9 Å². The highest BCUT2D eigenvalue weighted by molar-refractivity contribution is 7.90. The second-order valence-electron chi connectivity index (χ2n) is 6.71. The van der Waals surface area contributed by atoms with Gasteiger partial charge >= 0.3 is 0 Å². The summed E-state index contributed by atoms with van der Waals surface area (Å²) in [6.07, 6.45) is 2.19. The molecule has 27 heavy (non-hydrogen) atoms. The molecule has 0 saturated carbocycles. The number of likely N-dealkylation sites (tertiary alicyclic amines) is 1. The molecule has 0 aliphatic carbocycles. The van der Waals surface area contributed by atoms with Crippen LogP contribution >= 0.6 is 0 Å². The first-order chi connectivity index (χ1) is 12.8. The number of fused-ring (bicyclic) bond motifs is 1. The molecule has 0 aromatic heterocycles. The zero-order valence-corrected chi connectivity index (χ0v) is 15.5. The van der Waals surface area contributed by atoms with Gasteiger partial charge in [0.15, 0.2) is 15.6 Å². The molecule has 2 saturated heterocycles. The first kappa shape index (κ1) is 19.5. The first-order valence-electron chi connectivity index (χ1n) is 8.65. The van der Waals surface area contributed by atoms with Crippen LogP contribution in [0.25, 0.3) is 0 Å². The Morgan fingerprint density at radius 1 is 1.30 bits per heavy atom. The quantitative estimate of drug-likeness (QED) is 0.718. The van der Waals surface area contributed by atoms with Gasteiger partial charge < -0.3 is 15.4 Å². The van der Waals surface area contributed by atoms with Crippen molar-refractivity contribution in [3.8, 4) is 0 Å². The lowest BCUT2D eigenvalue weighted by molar-refractivity contribution is -0.137. The molecule has 2 unspecified atom stereocenters. The van der Waals surface area contributed by atoms with E-state index in [4.69, 9.17) is 10.5 Å². The number of primary amides is 1. The summed E-state index contributed by atoms with van der Waals surface area (Å²) in [6.45, 7) is 0.386. The van der Waals surface area contributed by atoms with Crippen molar-refractivity contribution >= 4 is 27.4 Å². The fraction of sp³-hybridized carbons (Fsp3) is 0.444. The van der Waals surface area contributed by atoms with Gasteiger partial charge in [-0.1, -0.05) is 18.2 Å². The van der Waals surface area contributed by atoms with Gasteiger partial charge in [-0.3, -0.25) is 14.4 Å². The van der Waals surface area contributed by atoms with Crippen molar-refractivity contribution in [3.63, 3.8) is 0 Å². The lowest BCUT2D eigenvalue weighted by atomic mass is 9.97. The van der Waals surface area contributed by atoms with E-state index in [-0.39, 0.29) is 24.1 Å². The van der Waals surface area contributed by atoms with Crippen molar-refractivity contribution < 1.29 is 27.5 Å². The molecule has 3 rings (SSSR count). The number of piperidine rings is 1. The van der Waals surface area contributed by atoms with Gasteiger partial charge in [0.2, 0.25) is 11.8 Å². The zero-order chi connectivity index (χ0) is 19.6. The second kappa shape index (κ2) is 7.77. The van der Waals surface area contributed by atoms with Gasteiger partial charge in [-0.15, -0.1) is 0 Å². The maximum atomic E-state index is 12.5. The van der Waals surface area contributed by atoms with E-state index >= 15 is 0 Å². The monoisotopic (exact) mass is 393 g/mol. The molecule has 2 aliphatic heterocycles. The summed E-state index contributed by atoms with van der Waals surface area (Å²) < 4.78 is 30.2. The van der Waals surface area contributed by atoms with Crippen molar-refractivity contribution in [1.29, 1.82) is 0 Å². The summed E-state index contributed by atoms with van der Waals surface area (Å²) in [4.78, 5) is 37.3. The number of hydrogen-bond donors (Lipinski definition) is 1. The SMILES string of the molecule is NC(=O)c1ccccc1CS(=O)(=O)C[CH]C(=O)N1CCCC2OCC(=O)C21. The number of benzene rings is 1. The predicted molar refractivity (Wildman–Crippen MR) is 96.2 cm³/mol. The van der Waals surface area contributed by atoms with Crippen LogP contribution in [0.4, 0.5) is 0 Å². The van der Waals surface area contributed by atoms with Gasteiger partial charge in [0, 0.05) is 12.1 Å². The number of carbonyl (C=O) groups is 3. The van der Waals surface area contributed by atoms with Crippen LogP contribution in [-0.2, 0) is 29.9 Å². The van der Waals surface area contributed by atoms with Gasteiger partial charge in [-0.05, 0) is 24.5 Å². The third-order valence-corrected chi connectivity index (χ3v) is 6.22. The standard InChI is InChI=1S/C18H21N2O6S/c19-18(23)13-5-2-1-4-12(13)11-27(24,25)9-7-16(22)20-8-3-6-15-17(20)14(21)10-26-15/h1-2,4-5,7,15,17H,3,6,8-11H2,(H2,19,23). The third kappa shape index (κ3) is 4.36. The molecule has 1 aromatic carbocycles. The van der Waals surface area contributed by atoms with Crippen LogP contribution in [0.3, 0.4) is 0 Å². The minimum atomic E-state index is -3.69. The Kier molecular flexibility index (Phi) is 5.61. The number of amides is 2. The molecule has 1 aromatic rings. The van der Waals surface area contributed by atoms with Crippen LogP contribution in [0.5, 0.6) is 0 Å².